The number of nitrogens with zero attached hydrogens (tertiary/aromatic N) is 3. The first-order valence-electron chi connectivity index (χ1n) is 9.34. The molecule has 6 nitrogen and oxygen atoms in total. The number of amides is 1. The van der Waals surface area contributed by atoms with Crippen LogP contribution in [0.2, 0.25) is 0 Å². The summed E-state index contributed by atoms with van der Waals surface area (Å²) in [6, 6.07) is 18.6. The maximum absolute atomic E-state index is 12.2. The van der Waals surface area contributed by atoms with Crippen molar-refractivity contribution in [2.24, 2.45) is 0 Å². The molecule has 2 aromatic carbocycles. The van der Waals surface area contributed by atoms with Crippen molar-refractivity contribution in [1.82, 2.24) is 9.78 Å². The smallest absolute Gasteiger partial charge is 0.266 e. The predicted octanol–water partition coefficient (Wildman–Crippen LogP) is 4.16. The fraction of sp³-hybridized carbons (Fsp3) is 0.227. The SMILES string of the molecule is CN(C)c1ccc(NC(=O)CCCn2nc(-c3ccc(Br)cc3)ccc2=O)cc1. The average molecular weight is 455 g/mol. The van der Waals surface area contributed by atoms with Gasteiger partial charge in [0, 0.05) is 54.5 Å². The Morgan fingerprint density at radius 1 is 1.03 bits per heavy atom. The Balaban J connectivity index is 1.57. The van der Waals surface area contributed by atoms with Crippen molar-refractivity contribution in [3.63, 3.8) is 0 Å². The molecule has 0 aliphatic carbocycles. The van der Waals surface area contributed by atoms with Gasteiger partial charge < -0.3 is 10.2 Å². The molecule has 0 atom stereocenters. The van der Waals surface area contributed by atoms with E-state index in [1.54, 1.807) is 6.07 Å². The first-order valence-corrected chi connectivity index (χ1v) is 10.1. The number of anilines is 2. The predicted molar refractivity (Wildman–Crippen MR) is 120 cm³/mol. The van der Waals surface area contributed by atoms with E-state index in [0.717, 1.165) is 27.1 Å². The van der Waals surface area contributed by atoms with Crippen molar-refractivity contribution >= 4 is 33.2 Å². The van der Waals surface area contributed by atoms with E-state index in [-0.39, 0.29) is 11.5 Å². The number of carbonyl (C=O) groups excluding carboxylic acids is 1. The number of aromatic nitrogens is 2. The molecule has 1 heterocycles. The van der Waals surface area contributed by atoms with Crippen LogP contribution in [0.25, 0.3) is 11.3 Å². The molecule has 3 rings (SSSR count). The molecular formula is C22H23BrN4O2. The molecule has 0 aliphatic heterocycles. The topological polar surface area (TPSA) is 67.2 Å². The first kappa shape index (κ1) is 20.8. The standard InChI is InChI=1S/C22H23BrN4O2/c1-26(2)19-11-9-18(10-12-19)24-21(28)4-3-15-27-22(29)14-13-20(25-27)16-5-7-17(23)8-6-16/h5-14H,3-4,15H2,1-2H3,(H,24,28). The zero-order valence-electron chi connectivity index (χ0n) is 16.4. The largest absolute Gasteiger partial charge is 0.378 e. The van der Waals surface area contributed by atoms with Gasteiger partial charge in [0.1, 0.15) is 0 Å². The number of rotatable bonds is 7. The highest BCUT2D eigenvalue weighted by Gasteiger charge is 2.07. The van der Waals surface area contributed by atoms with E-state index in [0.29, 0.717) is 19.4 Å². The van der Waals surface area contributed by atoms with E-state index in [1.807, 2.05) is 67.5 Å². The Hall–Kier alpha value is -2.93. The fourth-order valence-corrected chi connectivity index (χ4v) is 3.10. The lowest BCUT2D eigenvalue weighted by Crippen LogP contribution is -2.23. The lowest BCUT2D eigenvalue weighted by molar-refractivity contribution is -0.116. The Bertz CT molecular complexity index is 1030. The number of nitrogens with one attached hydrogen (secondary N) is 1. The third kappa shape index (κ3) is 5.77. The molecule has 29 heavy (non-hydrogen) atoms. The molecule has 0 unspecified atom stereocenters. The van der Waals surface area contributed by atoms with E-state index < -0.39 is 0 Å². The highest BCUT2D eigenvalue weighted by Crippen LogP contribution is 2.19. The minimum Gasteiger partial charge on any atom is -0.378 e. The molecule has 1 aromatic heterocycles. The van der Waals surface area contributed by atoms with E-state index in [2.05, 4.69) is 26.3 Å². The fourth-order valence-electron chi connectivity index (χ4n) is 2.84. The summed E-state index contributed by atoms with van der Waals surface area (Å²) in [5.74, 6) is -0.0836. The van der Waals surface area contributed by atoms with Crippen molar-refractivity contribution in [3.05, 3.63) is 75.5 Å². The second kappa shape index (κ2) is 9.52. The summed E-state index contributed by atoms with van der Waals surface area (Å²) in [6.07, 6.45) is 0.838. The van der Waals surface area contributed by atoms with Gasteiger partial charge in [0.2, 0.25) is 5.91 Å². The molecule has 0 spiro atoms. The second-order valence-corrected chi connectivity index (χ2v) is 7.80. The van der Waals surface area contributed by atoms with Gasteiger partial charge in [-0.2, -0.15) is 5.10 Å². The highest BCUT2D eigenvalue weighted by atomic mass is 79.9. The maximum atomic E-state index is 12.2. The zero-order valence-corrected chi connectivity index (χ0v) is 18.0. The summed E-state index contributed by atoms with van der Waals surface area (Å²) in [6.45, 7) is 0.385. The molecule has 150 valence electrons. The van der Waals surface area contributed by atoms with Gasteiger partial charge in [-0.05, 0) is 48.9 Å². The molecule has 3 aromatic rings. The van der Waals surface area contributed by atoms with Gasteiger partial charge in [-0.15, -0.1) is 0 Å². The minimum atomic E-state index is -0.175. The number of halogens is 1. The molecule has 0 saturated heterocycles. The summed E-state index contributed by atoms with van der Waals surface area (Å²) >= 11 is 3.41. The quantitative estimate of drug-likeness (QED) is 0.581. The van der Waals surface area contributed by atoms with Crippen molar-refractivity contribution in [2.75, 3.05) is 24.3 Å². The Morgan fingerprint density at radius 2 is 1.72 bits per heavy atom. The van der Waals surface area contributed by atoms with Crippen molar-refractivity contribution in [2.45, 2.75) is 19.4 Å². The van der Waals surface area contributed by atoms with Gasteiger partial charge in [-0.1, -0.05) is 28.1 Å². The minimum absolute atomic E-state index is 0.0836. The molecule has 0 aliphatic rings. The molecule has 0 saturated carbocycles. The Kier molecular flexibility index (Phi) is 6.82. The lowest BCUT2D eigenvalue weighted by Gasteiger charge is -2.13. The highest BCUT2D eigenvalue weighted by molar-refractivity contribution is 9.10. The van der Waals surface area contributed by atoms with Gasteiger partial charge in [0.05, 0.1) is 5.69 Å². The first-order chi connectivity index (χ1) is 13.9. The Morgan fingerprint density at radius 3 is 2.38 bits per heavy atom. The molecular weight excluding hydrogens is 432 g/mol. The van der Waals surface area contributed by atoms with Gasteiger partial charge in [0.15, 0.2) is 0 Å². The summed E-state index contributed by atoms with van der Waals surface area (Å²) in [7, 11) is 3.94. The van der Waals surface area contributed by atoms with Crippen LogP contribution >= 0.6 is 15.9 Å². The number of aryl methyl sites for hydroxylation is 1. The van der Waals surface area contributed by atoms with Gasteiger partial charge in [-0.25, -0.2) is 4.68 Å². The summed E-state index contributed by atoms with van der Waals surface area (Å²) < 4.78 is 2.40. The molecule has 0 fully saturated rings. The van der Waals surface area contributed by atoms with E-state index in [4.69, 9.17) is 0 Å². The third-order valence-corrected chi connectivity index (χ3v) is 4.98. The molecule has 1 amide bonds. The van der Waals surface area contributed by atoms with Gasteiger partial charge >= 0.3 is 0 Å². The number of benzene rings is 2. The van der Waals surface area contributed by atoms with Crippen molar-refractivity contribution < 1.29 is 4.79 Å². The number of carbonyl (C=O) groups is 1. The van der Waals surface area contributed by atoms with E-state index in [9.17, 15) is 9.59 Å². The molecule has 1 N–H and O–H groups in total. The van der Waals surface area contributed by atoms with Crippen LogP contribution in [0.15, 0.2) is 69.9 Å². The van der Waals surface area contributed by atoms with Crippen LogP contribution in [-0.2, 0) is 11.3 Å². The number of hydrogen-bond donors (Lipinski definition) is 1. The maximum Gasteiger partial charge on any atom is 0.266 e. The van der Waals surface area contributed by atoms with E-state index >= 15 is 0 Å². The summed E-state index contributed by atoms with van der Waals surface area (Å²) in [5, 5.41) is 7.31. The van der Waals surface area contributed by atoms with Gasteiger partial charge in [-0.3, -0.25) is 9.59 Å². The third-order valence-electron chi connectivity index (χ3n) is 4.45. The van der Waals surface area contributed by atoms with Gasteiger partial charge in [0.25, 0.3) is 5.56 Å². The second-order valence-electron chi connectivity index (χ2n) is 6.88. The van der Waals surface area contributed by atoms with Crippen LogP contribution in [0.3, 0.4) is 0 Å². The summed E-state index contributed by atoms with van der Waals surface area (Å²) in [4.78, 5) is 26.3. The molecule has 0 radical (unpaired) electrons. The average Bonchev–Trinajstić information content (AvgIpc) is 2.70. The van der Waals surface area contributed by atoms with Crippen LogP contribution in [0.4, 0.5) is 11.4 Å². The van der Waals surface area contributed by atoms with Crippen molar-refractivity contribution in [1.29, 1.82) is 0 Å². The van der Waals surface area contributed by atoms with E-state index in [1.165, 1.54) is 10.7 Å². The molecule has 0 bridgehead atoms. The normalized spacial score (nSPS) is 10.6. The van der Waals surface area contributed by atoms with Crippen LogP contribution < -0.4 is 15.8 Å². The molecule has 7 heteroatoms. The van der Waals surface area contributed by atoms with Crippen LogP contribution in [0.5, 0.6) is 0 Å². The summed E-state index contributed by atoms with van der Waals surface area (Å²) in [5.41, 5.74) is 3.31. The van der Waals surface area contributed by atoms with Crippen LogP contribution in [0, 0.1) is 0 Å². The van der Waals surface area contributed by atoms with Crippen molar-refractivity contribution in [3.8, 4) is 11.3 Å². The lowest BCUT2D eigenvalue weighted by atomic mass is 10.1. The van der Waals surface area contributed by atoms with Crippen LogP contribution in [0.1, 0.15) is 12.8 Å². The van der Waals surface area contributed by atoms with Crippen LogP contribution in [-0.4, -0.2) is 29.8 Å². The zero-order chi connectivity index (χ0) is 20.8. The monoisotopic (exact) mass is 454 g/mol. The number of hydrogen-bond acceptors (Lipinski definition) is 4. The Labute approximate surface area is 178 Å².